The highest BCUT2D eigenvalue weighted by Crippen LogP contribution is 2.20. The summed E-state index contributed by atoms with van der Waals surface area (Å²) < 4.78 is 14.7. The summed E-state index contributed by atoms with van der Waals surface area (Å²) in [5.74, 6) is -0.279. The highest BCUT2D eigenvalue weighted by atomic mass is 19.1. The molecule has 3 rings (SSSR count). The smallest absolute Gasteiger partial charge is 0.139 e. The summed E-state index contributed by atoms with van der Waals surface area (Å²) in [7, 11) is 0. The maximum Gasteiger partial charge on any atom is 0.139 e. The Hall–Kier alpha value is -2.36. The highest BCUT2D eigenvalue weighted by Gasteiger charge is 2.04. The van der Waals surface area contributed by atoms with Crippen molar-refractivity contribution in [1.29, 1.82) is 0 Å². The van der Waals surface area contributed by atoms with Gasteiger partial charge in [-0.1, -0.05) is 12.1 Å². The first-order valence-corrected chi connectivity index (χ1v) is 5.22. The van der Waals surface area contributed by atoms with Gasteiger partial charge in [-0.2, -0.15) is 0 Å². The zero-order chi connectivity index (χ0) is 11.8. The standard InChI is InChI=1S/C13H10FN3/c14-10-3-6-13-16-12(8-17(13)7-10)9-1-4-11(15)5-2-9/h1-8H,15H2. The van der Waals surface area contributed by atoms with E-state index in [4.69, 9.17) is 5.73 Å². The molecule has 1 aromatic carbocycles. The van der Waals surface area contributed by atoms with Crippen LogP contribution in [-0.2, 0) is 0 Å². The van der Waals surface area contributed by atoms with E-state index in [2.05, 4.69) is 4.98 Å². The van der Waals surface area contributed by atoms with Gasteiger partial charge < -0.3 is 10.1 Å². The van der Waals surface area contributed by atoms with E-state index in [0.29, 0.717) is 5.69 Å². The second-order valence-electron chi connectivity index (χ2n) is 3.86. The van der Waals surface area contributed by atoms with Crippen LogP contribution in [0.5, 0.6) is 0 Å². The van der Waals surface area contributed by atoms with Crippen molar-refractivity contribution in [3.05, 3.63) is 54.6 Å². The van der Waals surface area contributed by atoms with E-state index in [1.165, 1.54) is 12.3 Å². The number of benzene rings is 1. The van der Waals surface area contributed by atoms with E-state index in [-0.39, 0.29) is 5.82 Å². The number of rotatable bonds is 1. The summed E-state index contributed by atoms with van der Waals surface area (Å²) in [5, 5.41) is 0. The molecule has 2 N–H and O–H groups in total. The lowest BCUT2D eigenvalue weighted by atomic mass is 10.1. The van der Waals surface area contributed by atoms with Gasteiger partial charge in [-0.15, -0.1) is 0 Å². The first-order chi connectivity index (χ1) is 8.22. The molecular weight excluding hydrogens is 217 g/mol. The van der Waals surface area contributed by atoms with Gasteiger partial charge in [0.1, 0.15) is 11.5 Å². The van der Waals surface area contributed by atoms with Gasteiger partial charge in [-0.25, -0.2) is 9.37 Å². The fraction of sp³-hybridized carbons (Fsp3) is 0. The molecular formula is C13H10FN3. The maximum atomic E-state index is 13.0. The largest absolute Gasteiger partial charge is 0.399 e. The van der Waals surface area contributed by atoms with E-state index in [0.717, 1.165) is 16.9 Å². The van der Waals surface area contributed by atoms with Gasteiger partial charge >= 0.3 is 0 Å². The van der Waals surface area contributed by atoms with Gasteiger partial charge in [-0.3, -0.25) is 0 Å². The Morgan fingerprint density at radius 2 is 1.76 bits per heavy atom. The minimum Gasteiger partial charge on any atom is -0.399 e. The number of anilines is 1. The van der Waals surface area contributed by atoms with Crippen molar-refractivity contribution in [2.24, 2.45) is 0 Å². The molecule has 2 aromatic heterocycles. The van der Waals surface area contributed by atoms with Crippen molar-refractivity contribution in [3.63, 3.8) is 0 Å². The molecule has 0 aliphatic carbocycles. The summed E-state index contributed by atoms with van der Waals surface area (Å²) in [6, 6.07) is 10.5. The lowest BCUT2D eigenvalue weighted by Gasteiger charge is -1.96. The normalized spacial score (nSPS) is 10.9. The van der Waals surface area contributed by atoms with E-state index in [9.17, 15) is 4.39 Å². The molecule has 0 fully saturated rings. The van der Waals surface area contributed by atoms with Crippen molar-refractivity contribution < 1.29 is 4.39 Å². The SMILES string of the molecule is Nc1ccc(-c2cn3cc(F)ccc3n2)cc1. The second-order valence-corrected chi connectivity index (χ2v) is 3.86. The topological polar surface area (TPSA) is 43.3 Å². The molecule has 84 valence electrons. The van der Waals surface area contributed by atoms with Gasteiger partial charge in [0, 0.05) is 23.6 Å². The van der Waals surface area contributed by atoms with E-state index >= 15 is 0 Å². The molecule has 3 aromatic rings. The molecule has 0 atom stereocenters. The molecule has 0 saturated carbocycles. The Morgan fingerprint density at radius 1 is 1.00 bits per heavy atom. The van der Waals surface area contributed by atoms with Crippen LogP contribution in [0.15, 0.2) is 48.8 Å². The number of nitrogens with zero attached hydrogens (tertiary/aromatic N) is 2. The van der Waals surface area contributed by atoms with Crippen LogP contribution in [0, 0.1) is 5.82 Å². The number of pyridine rings is 1. The van der Waals surface area contributed by atoms with Crippen molar-refractivity contribution in [2.45, 2.75) is 0 Å². The molecule has 17 heavy (non-hydrogen) atoms. The summed E-state index contributed by atoms with van der Waals surface area (Å²) in [6.07, 6.45) is 3.20. The number of nitrogen functional groups attached to an aromatic ring is 1. The second kappa shape index (κ2) is 3.59. The molecule has 2 heterocycles. The molecule has 0 amide bonds. The van der Waals surface area contributed by atoms with Gasteiger partial charge in [-0.05, 0) is 24.3 Å². The Kier molecular flexibility index (Phi) is 2.08. The molecule has 3 nitrogen and oxygen atoms in total. The number of hydrogen-bond donors (Lipinski definition) is 1. The number of aromatic nitrogens is 2. The molecule has 0 spiro atoms. The van der Waals surface area contributed by atoms with Crippen LogP contribution >= 0.6 is 0 Å². The maximum absolute atomic E-state index is 13.0. The van der Waals surface area contributed by atoms with Crippen LogP contribution < -0.4 is 5.73 Å². The summed E-state index contributed by atoms with van der Waals surface area (Å²) in [6.45, 7) is 0. The predicted molar refractivity (Wildman–Crippen MR) is 65.0 cm³/mol. The summed E-state index contributed by atoms with van der Waals surface area (Å²) >= 11 is 0. The van der Waals surface area contributed by atoms with Gasteiger partial charge in [0.05, 0.1) is 5.69 Å². The number of fused-ring (bicyclic) bond motifs is 1. The van der Waals surface area contributed by atoms with Crippen LogP contribution in [0.1, 0.15) is 0 Å². The molecule has 0 unspecified atom stereocenters. The minimum absolute atomic E-state index is 0.279. The molecule has 0 aliphatic rings. The number of halogens is 1. The Morgan fingerprint density at radius 3 is 2.53 bits per heavy atom. The van der Waals surface area contributed by atoms with Crippen LogP contribution in [0.3, 0.4) is 0 Å². The predicted octanol–water partition coefficient (Wildman–Crippen LogP) is 2.72. The average molecular weight is 227 g/mol. The lowest BCUT2D eigenvalue weighted by Crippen LogP contribution is -1.83. The highest BCUT2D eigenvalue weighted by molar-refractivity contribution is 5.64. The van der Waals surface area contributed by atoms with Crippen LogP contribution in [0.25, 0.3) is 16.9 Å². The van der Waals surface area contributed by atoms with Crippen LogP contribution in [-0.4, -0.2) is 9.38 Å². The van der Waals surface area contributed by atoms with Crippen molar-refractivity contribution in [2.75, 3.05) is 5.73 Å². The molecule has 0 radical (unpaired) electrons. The van der Waals surface area contributed by atoms with Gasteiger partial charge in [0.25, 0.3) is 0 Å². The van der Waals surface area contributed by atoms with Gasteiger partial charge in [0.2, 0.25) is 0 Å². The van der Waals surface area contributed by atoms with Crippen LogP contribution in [0.2, 0.25) is 0 Å². The molecule has 4 heteroatoms. The van der Waals surface area contributed by atoms with Crippen molar-refractivity contribution >= 4 is 11.3 Å². The van der Waals surface area contributed by atoms with E-state index < -0.39 is 0 Å². The van der Waals surface area contributed by atoms with Crippen molar-refractivity contribution in [1.82, 2.24) is 9.38 Å². The quantitative estimate of drug-likeness (QED) is 0.649. The third-order valence-electron chi connectivity index (χ3n) is 2.62. The molecule has 0 bridgehead atoms. The Labute approximate surface area is 97.3 Å². The van der Waals surface area contributed by atoms with E-state index in [1.54, 1.807) is 16.7 Å². The van der Waals surface area contributed by atoms with Gasteiger partial charge in [0.15, 0.2) is 0 Å². The zero-order valence-corrected chi connectivity index (χ0v) is 8.97. The number of hydrogen-bond acceptors (Lipinski definition) is 2. The third kappa shape index (κ3) is 1.73. The van der Waals surface area contributed by atoms with Crippen LogP contribution in [0.4, 0.5) is 10.1 Å². The number of imidazole rings is 1. The fourth-order valence-corrected chi connectivity index (χ4v) is 1.76. The number of nitrogens with two attached hydrogens (primary N) is 1. The van der Waals surface area contributed by atoms with Crippen molar-refractivity contribution in [3.8, 4) is 11.3 Å². The minimum atomic E-state index is -0.279. The lowest BCUT2D eigenvalue weighted by molar-refractivity contribution is 0.619. The first-order valence-electron chi connectivity index (χ1n) is 5.22. The zero-order valence-electron chi connectivity index (χ0n) is 8.97. The Balaban J connectivity index is 2.14. The molecule has 0 saturated heterocycles. The Bertz CT molecular complexity index is 671. The third-order valence-corrected chi connectivity index (χ3v) is 2.62. The average Bonchev–Trinajstić information content (AvgIpc) is 2.72. The van der Waals surface area contributed by atoms with E-state index in [1.807, 2.05) is 24.3 Å². The fourth-order valence-electron chi connectivity index (χ4n) is 1.76. The summed E-state index contributed by atoms with van der Waals surface area (Å²) in [4.78, 5) is 4.41. The first kappa shape index (κ1) is 9.84. The molecule has 0 aliphatic heterocycles. The summed E-state index contributed by atoms with van der Waals surface area (Å²) in [5.41, 5.74) is 8.82. The monoisotopic (exact) mass is 227 g/mol.